The van der Waals surface area contributed by atoms with Gasteiger partial charge >= 0.3 is 0 Å². The smallest absolute Gasteiger partial charge is 0.229 e. The van der Waals surface area contributed by atoms with Crippen molar-refractivity contribution in [2.75, 3.05) is 6.61 Å². The molecule has 1 aromatic rings. The number of phenols is 1. The molecule has 7 heteroatoms. The van der Waals surface area contributed by atoms with E-state index in [-0.39, 0.29) is 11.5 Å². The molecule has 1 saturated heterocycles. The Morgan fingerprint density at radius 3 is 2.37 bits per heavy atom. The fourth-order valence-corrected chi connectivity index (χ4v) is 1.85. The molecule has 7 nitrogen and oxygen atoms in total. The third-order valence-corrected chi connectivity index (χ3v) is 2.96. The molecule has 1 aliphatic rings. The molecule has 1 aliphatic heterocycles. The Morgan fingerprint density at radius 1 is 1.05 bits per heavy atom. The van der Waals surface area contributed by atoms with E-state index in [0.717, 1.165) is 0 Å². The molecule has 0 bridgehead atoms. The van der Waals surface area contributed by atoms with Gasteiger partial charge in [0.25, 0.3) is 0 Å². The molecule has 19 heavy (non-hydrogen) atoms. The summed E-state index contributed by atoms with van der Waals surface area (Å²) in [6.45, 7) is -0.536. The molecular weight excluding hydrogens is 256 g/mol. The van der Waals surface area contributed by atoms with Crippen LogP contribution in [0.1, 0.15) is 0 Å². The zero-order valence-electron chi connectivity index (χ0n) is 9.96. The number of para-hydroxylation sites is 2. The standard InChI is InChI=1S/C12H16O7/c13-5-8-9(15)10(16)11(17)12(19-8)18-7-4-2-1-3-6(7)14/h1-4,8-17H,5H2/t8-,9-,10+,11-,12+/m1/s1. The van der Waals surface area contributed by atoms with E-state index in [1.54, 1.807) is 12.1 Å². The van der Waals surface area contributed by atoms with E-state index < -0.39 is 37.3 Å². The van der Waals surface area contributed by atoms with E-state index in [2.05, 4.69) is 0 Å². The summed E-state index contributed by atoms with van der Waals surface area (Å²) in [6, 6.07) is 6.05. The van der Waals surface area contributed by atoms with Crippen molar-refractivity contribution in [3.63, 3.8) is 0 Å². The summed E-state index contributed by atoms with van der Waals surface area (Å²) in [6.07, 6.45) is -6.80. The second-order valence-corrected chi connectivity index (χ2v) is 4.28. The molecule has 5 atom stereocenters. The molecule has 5 N–H and O–H groups in total. The summed E-state index contributed by atoms with van der Waals surface area (Å²) < 4.78 is 10.4. The second kappa shape index (κ2) is 5.72. The van der Waals surface area contributed by atoms with Crippen LogP contribution in [0.4, 0.5) is 0 Å². The molecule has 0 saturated carbocycles. The molecule has 0 amide bonds. The van der Waals surface area contributed by atoms with Crippen LogP contribution in [0.2, 0.25) is 0 Å². The average molecular weight is 272 g/mol. The molecular formula is C12H16O7. The summed E-state index contributed by atoms with van der Waals surface area (Å²) in [7, 11) is 0. The van der Waals surface area contributed by atoms with Gasteiger partial charge in [0.1, 0.15) is 24.4 Å². The lowest BCUT2D eigenvalue weighted by atomic mass is 9.99. The first-order valence-corrected chi connectivity index (χ1v) is 5.79. The maximum Gasteiger partial charge on any atom is 0.229 e. The fraction of sp³-hybridized carbons (Fsp3) is 0.500. The molecule has 0 aliphatic carbocycles. The summed E-state index contributed by atoms with van der Waals surface area (Å²) in [5, 5.41) is 47.5. The highest BCUT2D eigenvalue weighted by Gasteiger charge is 2.44. The number of hydrogen-bond acceptors (Lipinski definition) is 7. The van der Waals surface area contributed by atoms with Gasteiger partial charge in [0, 0.05) is 0 Å². The number of hydrogen-bond donors (Lipinski definition) is 5. The minimum Gasteiger partial charge on any atom is -0.504 e. The first-order valence-electron chi connectivity index (χ1n) is 5.79. The largest absolute Gasteiger partial charge is 0.504 e. The van der Waals surface area contributed by atoms with Crippen LogP contribution in [-0.2, 0) is 4.74 Å². The zero-order valence-corrected chi connectivity index (χ0v) is 9.96. The highest BCUT2D eigenvalue weighted by Crippen LogP contribution is 2.29. The third kappa shape index (κ3) is 2.80. The first-order chi connectivity index (χ1) is 9.04. The monoisotopic (exact) mass is 272 g/mol. The van der Waals surface area contributed by atoms with E-state index in [9.17, 15) is 20.4 Å². The SMILES string of the molecule is OC[C@H]1O[C@H](Oc2ccccc2O)[C@H](O)[C@@H](O)[C@@H]1O. The average Bonchev–Trinajstić information content (AvgIpc) is 2.41. The second-order valence-electron chi connectivity index (χ2n) is 4.28. The van der Waals surface area contributed by atoms with Crippen molar-refractivity contribution in [2.45, 2.75) is 30.7 Å². The van der Waals surface area contributed by atoms with E-state index in [0.29, 0.717) is 0 Å². The van der Waals surface area contributed by atoms with Crippen LogP contribution in [0.3, 0.4) is 0 Å². The number of aliphatic hydroxyl groups is 4. The maximum absolute atomic E-state index is 9.75. The number of phenolic OH excluding ortho intramolecular Hbond substituents is 1. The van der Waals surface area contributed by atoms with E-state index >= 15 is 0 Å². The van der Waals surface area contributed by atoms with Gasteiger partial charge in [-0.2, -0.15) is 0 Å². The van der Waals surface area contributed by atoms with Crippen molar-refractivity contribution in [1.82, 2.24) is 0 Å². The van der Waals surface area contributed by atoms with Gasteiger partial charge in [0.2, 0.25) is 6.29 Å². The molecule has 0 unspecified atom stereocenters. The Hall–Kier alpha value is -1.38. The van der Waals surface area contributed by atoms with Crippen molar-refractivity contribution in [3.05, 3.63) is 24.3 Å². The quantitative estimate of drug-likeness (QED) is 0.457. The molecule has 2 rings (SSSR count). The minimum absolute atomic E-state index is 0.0619. The number of aromatic hydroxyl groups is 1. The summed E-state index contributed by atoms with van der Waals surface area (Å²) in [5.74, 6) is -0.0914. The predicted molar refractivity (Wildman–Crippen MR) is 62.5 cm³/mol. The van der Waals surface area contributed by atoms with Gasteiger partial charge in [0.05, 0.1) is 6.61 Å². The van der Waals surface area contributed by atoms with Gasteiger partial charge in [-0.25, -0.2) is 0 Å². The van der Waals surface area contributed by atoms with Gasteiger partial charge in [-0.3, -0.25) is 0 Å². The van der Waals surface area contributed by atoms with Gasteiger partial charge < -0.3 is 35.0 Å². The Morgan fingerprint density at radius 2 is 1.74 bits per heavy atom. The van der Waals surface area contributed by atoms with Crippen LogP contribution in [-0.4, -0.2) is 62.8 Å². The molecule has 106 valence electrons. The van der Waals surface area contributed by atoms with Crippen LogP contribution in [0.5, 0.6) is 11.5 Å². The Bertz CT molecular complexity index is 422. The summed E-state index contributed by atoms with van der Waals surface area (Å²) in [4.78, 5) is 0. The summed E-state index contributed by atoms with van der Waals surface area (Å²) >= 11 is 0. The van der Waals surface area contributed by atoms with Crippen LogP contribution in [0, 0.1) is 0 Å². The Labute approximate surface area is 109 Å². The van der Waals surface area contributed by atoms with E-state index in [1.165, 1.54) is 12.1 Å². The maximum atomic E-state index is 9.75. The van der Waals surface area contributed by atoms with Crippen LogP contribution in [0.15, 0.2) is 24.3 Å². The van der Waals surface area contributed by atoms with E-state index in [4.69, 9.17) is 14.6 Å². The number of aliphatic hydroxyl groups excluding tert-OH is 4. The van der Waals surface area contributed by atoms with Crippen LogP contribution >= 0.6 is 0 Å². The lowest BCUT2D eigenvalue weighted by Crippen LogP contribution is -2.60. The van der Waals surface area contributed by atoms with Crippen molar-refractivity contribution in [1.29, 1.82) is 0 Å². The molecule has 1 fully saturated rings. The van der Waals surface area contributed by atoms with E-state index in [1.807, 2.05) is 0 Å². The normalized spacial score (nSPS) is 35.1. The highest BCUT2D eigenvalue weighted by atomic mass is 16.7. The van der Waals surface area contributed by atoms with Crippen molar-refractivity contribution >= 4 is 0 Å². The van der Waals surface area contributed by atoms with Crippen LogP contribution in [0.25, 0.3) is 0 Å². The van der Waals surface area contributed by atoms with Gasteiger partial charge in [0.15, 0.2) is 11.5 Å². The molecule has 0 radical (unpaired) electrons. The summed E-state index contributed by atoms with van der Waals surface area (Å²) in [5.41, 5.74) is 0. The lowest BCUT2D eigenvalue weighted by Gasteiger charge is -2.39. The molecule has 1 heterocycles. The molecule has 0 spiro atoms. The number of benzene rings is 1. The fourth-order valence-electron chi connectivity index (χ4n) is 1.85. The highest BCUT2D eigenvalue weighted by molar-refractivity contribution is 5.38. The van der Waals surface area contributed by atoms with Gasteiger partial charge in [-0.1, -0.05) is 12.1 Å². The Kier molecular flexibility index (Phi) is 4.23. The molecule has 0 aromatic heterocycles. The third-order valence-electron chi connectivity index (χ3n) is 2.96. The van der Waals surface area contributed by atoms with Gasteiger partial charge in [-0.15, -0.1) is 0 Å². The van der Waals surface area contributed by atoms with Crippen LogP contribution < -0.4 is 4.74 Å². The predicted octanol–water partition coefficient (Wildman–Crippen LogP) is -1.43. The molecule has 1 aromatic carbocycles. The lowest BCUT2D eigenvalue weighted by molar-refractivity contribution is -0.277. The van der Waals surface area contributed by atoms with Crippen molar-refractivity contribution in [2.24, 2.45) is 0 Å². The number of ether oxygens (including phenoxy) is 2. The van der Waals surface area contributed by atoms with Crippen molar-refractivity contribution < 1.29 is 35.0 Å². The Balaban J connectivity index is 2.13. The minimum atomic E-state index is -1.51. The van der Waals surface area contributed by atoms with Crippen molar-refractivity contribution in [3.8, 4) is 11.5 Å². The first kappa shape index (κ1) is 14.0. The number of rotatable bonds is 3. The topological polar surface area (TPSA) is 120 Å². The van der Waals surface area contributed by atoms with Gasteiger partial charge in [-0.05, 0) is 12.1 Å². The zero-order chi connectivity index (χ0) is 14.0.